The SMILES string of the molecule is CCN(CC)C(=O)c1cc(C)cc(OC)c1S(=O)(=O)CC(C)(C)c1ccccc1. The number of carbonyl (C=O) groups excluding carboxylic acids is 1. The average molecular weight is 418 g/mol. The summed E-state index contributed by atoms with van der Waals surface area (Å²) in [5.74, 6) is -0.223. The average Bonchev–Trinajstić information content (AvgIpc) is 2.67. The van der Waals surface area contributed by atoms with E-state index in [1.165, 1.54) is 7.11 Å². The lowest BCUT2D eigenvalue weighted by Crippen LogP contribution is -2.33. The predicted octanol–water partition coefficient (Wildman–Crippen LogP) is 4.24. The van der Waals surface area contributed by atoms with Crippen molar-refractivity contribution >= 4 is 15.7 Å². The van der Waals surface area contributed by atoms with Crippen molar-refractivity contribution in [1.82, 2.24) is 4.90 Å². The topological polar surface area (TPSA) is 63.7 Å². The van der Waals surface area contributed by atoms with Crippen LogP contribution in [0.1, 0.15) is 49.2 Å². The molecule has 0 heterocycles. The molecule has 1 amide bonds. The largest absolute Gasteiger partial charge is 0.495 e. The molecule has 29 heavy (non-hydrogen) atoms. The molecule has 0 aliphatic heterocycles. The normalized spacial score (nSPS) is 11.9. The van der Waals surface area contributed by atoms with Gasteiger partial charge in [-0.2, -0.15) is 0 Å². The number of hydrogen-bond donors (Lipinski definition) is 0. The quantitative estimate of drug-likeness (QED) is 0.645. The molecule has 0 bridgehead atoms. The summed E-state index contributed by atoms with van der Waals surface area (Å²) in [4.78, 5) is 14.7. The number of carbonyl (C=O) groups is 1. The van der Waals surface area contributed by atoms with Crippen LogP contribution in [-0.4, -0.2) is 45.2 Å². The van der Waals surface area contributed by atoms with Gasteiger partial charge < -0.3 is 9.64 Å². The van der Waals surface area contributed by atoms with Crippen molar-refractivity contribution in [3.8, 4) is 5.75 Å². The van der Waals surface area contributed by atoms with Crippen LogP contribution in [0.3, 0.4) is 0 Å². The molecule has 0 N–H and O–H groups in total. The number of amides is 1. The van der Waals surface area contributed by atoms with Gasteiger partial charge >= 0.3 is 0 Å². The molecule has 5 nitrogen and oxygen atoms in total. The van der Waals surface area contributed by atoms with Crippen molar-refractivity contribution in [3.05, 3.63) is 59.2 Å². The van der Waals surface area contributed by atoms with Crippen molar-refractivity contribution < 1.29 is 17.9 Å². The van der Waals surface area contributed by atoms with Crippen LogP contribution in [0.4, 0.5) is 0 Å². The molecule has 0 aliphatic rings. The fraction of sp³-hybridized carbons (Fsp3) is 0.435. The van der Waals surface area contributed by atoms with E-state index in [2.05, 4.69) is 0 Å². The predicted molar refractivity (Wildman–Crippen MR) is 117 cm³/mol. The van der Waals surface area contributed by atoms with Gasteiger partial charge in [0.05, 0.1) is 18.4 Å². The lowest BCUT2D eigenvalue weighted by Gasteiger charge is -2.27. The Kier molecular flexibility index (Phi) is 7.11. The van der Waals surface area contributed by atoms with E-state index in [9.17, 15) is 13.2 Å². The first-order valence-electron chi connectivity index (χ1n) is 9.83. The highest BCUT2D eigenvalue weighted by Gasteiger charge is 2.35. The molecule has 2 aromatic carbocycles. The number of aryl methyl sites for hydroxylation is 1. The number of ether oxygens (including phenoxy) is 1. The van der Waals surface area contributed by atoms with Crippen molar-refractivity contribution in [2.24, 2.45) is 0 Å². The molecule has 6 heteroatoms. The molecule has 0 fully saturated rings. The summed E-state index contributed by atoms with van der Waals surface area (Å²) in [5, 5.41) is 0. The molecular weight excluding hydrogens is 386 g/mol. The summed E-state index contributed by atoms with van der Waals surface area (Å²) < 4.78 is 32.6. The zero-order valence-electron chi connectivity index (χ0n) is 18.2. The minimum atomic E-state index is -3.82. The van der Waals surface area contributed by atoms with Gasteiger partial charge in [0.25, 0.3) is 5.91 Å². The van der Waals surface area contributed by atoms with Gasteiger partial charge in [0.15, 0.2) is 9.84 Å². The summed E-state index contributed by atoms with van der Waals surface area (Å²) in [5.41, 5.74) is 1.24. The zero-order chi connectivity index (χ0) is 21.8. The van der Waals surface area contributed by atoms with E-state index < -0.39 is 15.3 Å². The van der Waals surface area contributed by atoms with E-state index in [0.717, 1.165) is 11.1 Å². The fourth-order valence-electron chi connectivity index (χ4n) is 3.57. The van der Waals surface area contributed by atoms with Crippen LogP contribution in [0.25, 0.3) is 0 Å². The molecule has 0 saturated carbocycles. The van der Waals surface area contributed by atoms with Crippen molar-refractivity contribution in [2.45, 2.75) is 44.9 Å². The Balaban J connectivity index is 2.63. The van der Waals surface area contributed by atoms with E-state index in [-0.39, 0.29) is 27.9 Å². The van der Waals surface area contributed by atoms with Crippen LogP contribution in [0.5, 0.6) is 5.75 Å². The monoisotopic (exact) mass is 417 g/mol. The Labute approximate surface area is 174 Å². The van der Waals surface area contributed by atoms with Crippen molar-refractivity contribution in [1.29, 1.82) is 0 Å². The van der Waals surface area contributed by atoms with Gasteiger partial charge in [-0.15, -0.1) is 0 Å². The van der Waals surface area contributed by atoms with E-state index in [4.69, 9.17) is 4.74 Å². The second kappa shape index (κ2) is 8.99. The smallest absolute Gasteiger partial charge is 0.255 e. The fourth-order valence-corrected chi connectivity index (χ4v) is 5.76. The zero-order valence-corrected chi connectivity index (χ0v) is 19.0. The third kappa shape index (κ3) is 4.99. The number of rotatable bonds is 8. The first-order valence-corrected chi connectivity index (χ1v) is 11.5. The molecule has 0 aromatic heterocycles. The summed E-state index contributed by atoms with van der Waals surface area (Å²) in [6.45, 7) is 10.4. The van der Waals surface area contributed by atoms with E-state index in [1.807, 2.05) is 65.0 Å². The number of benzene rings is 2. The second-order valence-electron chi connectivity index (χ2n) is 7.83. The molecule has 0 aliphatic carbocycles. The molecule has 158 valence electrons. The Hall–Kier alpha value is -2.34. The van der Waals surface area contributed by atoms with Gasteiger partial charge in [0.1, 0.15) is 10.6 Å². The second-order valence-corrected chi connectivity index (χ2v) is 9.76. The van der Waals surface area contributed by atoms with E-state index in [0.29, 0.717) is 13.1 Å². The lowest BCUT2D eigenvalue weighted by atomic mass is 9.87. The Morgan fingerprint density at radius 3 is 2.17 bits per heavy atom. The van der Waals surface area contributed by atoms with Gasteiger partial charge in [0.2, 0.25) is 0 Å². The third-order valence-electron chi connectivity index (χ3n) is 5.12. The summed E-state index contributed by atoms with van der Waals surface area (Å²) in [6, 6.07) is 12.8. The first-order chi connectivity index (χ1) is 13.6. The number of methoxy groups -OCH3 is 1. The molecule has 2 rings (SSSR count). The highest BCUT2D eigenvalue weighted by molar-refractivity contribution is 7.91. The summed E-state index contributed by atoms with van der Waals surface area (Å²) >= 11 is 0. The van der Waals surface area contributed by atoms with Crippen LogP contribution < -0.4 is 4.74 Å². The van der Waals surface area contributed by atoms with Gasteiger partial charge in [-0.05, 0) is 44.0 Å². The lowest BCUT2D eigenvalue weighted by molar-refractivity contribution is 0.0768. The molecule has 0 saturated heterocycles. The highest BCUT2D eigenvalue weighted by atomic mass is 32.2. The Morgan fingerprint density at radius 2 is 1.66 bits per heavy atom. The van der Waals surface area contributed by atoms with Gasteiger partial charge in [-0.1, -0.05) is 44.2 Å². The van der Waals surface area contributed by atoms with Crippen molar-refractivity contribution in [3.63, 3.8) is 0 Å². The maximum atomic E-state index is 13.6. The molecule has 0 radical (unpaired) electrons. The molecule has 0 atom stereocenters. The maximum Gasteiger partial charge on any atom is 0.255 e. The molecular formula is C23H31NO4S. The maximum absolute atomic E-state index is 13.6. The highest BCUT2D eigenvalue weighted by Crippen LogP contribution is 2.35. The Morgan fingerprint density at radius 1 is 1.07 bits per heavy atom. The van der Waals surface area contributed by atoms with Gasteiger partial charge in [0, 0.05) is 18.5 Å². The minimum absolute atomic E-state index is 0.0218. The van der Waals surface area contributed by atoms with E-state index >= 15 is 0 Å². The van der Waals surface area contributed by atoms with E-state index in [1.54, 1.807) is 17.0 Å². The van der Waals surface area contributed by atoms with Gasteiger partial charge in [-0.25, -0.2) is 8.42 Å². The third-order valence-corrected chi connectivity index (χ3v) is 7.26. The molecule has 0 spiro atoms. The van der Waals surface area contributed by atoms with Crippen LogP contribution in [-0.2, 0) is 15.3 Å². The number of sulfone groups is 1. The minimum Gasteiger partial charge on any atom is -0.495 e. The van der Waals surface area contributed by atoms with Crippen molar-refractivity contribution in [2.75, 3.05) is 26.0 Å². The van der Waals surface area contributed by atoms with Crippen LogP contribution in [0.15, 0.2) is 47.4 Å². The number of hydrogen-bond acceptors (Lipinski definition) is 4. The number of nitrogens with zero attached hydrogens (tertiary/aromatic N) is 1. The van der Waals surface area contributed by atoms with Crippen LogP contribution in [0.2, 0.25) is 0 Å². The molecule has 0 unspecified atom stereocenters. The summed E-state index contributed by atoms with van der Waals surface area (Å²) in [7, 11) is -2.39. The van der Waals surface area contributed by atoms with Crippen LogP contribution in [0, 0.1) is 6.92 Å². The standard InChI is InChI=1S/C23H31NO4S/c1-7-24(8-2)22(25)19-14-17(3)15-20(28-6)21(19)29(26,27)16-23(4,5)18-12-10-9-11-13-18/h9-15H,7-8,16H2,1-6H3. The molecule has 2 aromatic rings. The Bertz CT molecular complexity index is 962. The summed E-state index contributed by atoms with van der Waals surface area (Å²) in [6.07, 6.45) is 0. The van der Waals surface area contributed by atoms with Crippen LogP contribution >= 0.6 is 0 Å². The first kappa shape index (κ1) is 22.9. The van der Waals surface area contributed by atoms with Gasteiger partial charge in [-0.3, -0.25) is 4.79 Å².